The largest absolute Gasteiger partial charge is 0.360 e. The molecule has 0 radical (unpaired) electrons. The number of amidine groups is 1. The van der Waals surface area contributed by atoms with Gasteiger partial charge in [0.05, 0.1) is 5.84 Å². The first-order valence-corrected chi connectivity index (χ1v) is 6.35. The summed E-state index contributed by atoms with van der Waals surface area (Å²) in [4.78, 5) is 2.18. The standard InChI is InChI=1S/C13H26N2/c1-10(2)11(3)15(4)13(14)12-8-6-5-7-9-12/h10-12,14H,5-9H2,1-4H3. The molecule has 1 unspecified atom stereocenters. The van der Waals surface area contributed by atoms with Crippen molar-refractivity contribution in [2.75, 3.05) is 7.05 Å². The number of rotatable bonds is 3. The Morgan fingerprint density at radius 1 is 1.13 bits per heavy atom. The van der Waals surface area contributed by atoms with E-state index in [4.69, 9.17) is 5.41 Å². The van der Waals surface area contributed by atoms with Gasteiger partial charge in [-0.25, -0.2) is 0 Å². The zero-order valence-electron chi connectivity index (χ0n) is 10.7. The lowest BCUT2D eigenvalue weighted by Crippen LogP contribution is -2.41. The van der Waals surface area contributed by atoms with E-state index in [1.807, 2.05) is 0 Å². The second-order valence-electron chi connectivity index (χ2n) is 5.32. The van der Waals surface area contributed by atoms with Gasteiger partial charge in [0, 0.05) is 19.0 Å². The van der Waals surface area contributed by atoms with Gasteiger partial charge in [0.1, 0.15) is 0 Å². The van der Waals surface area contributed by atoms with Crippen LogP contribution in [0.4, 0.5) is 0 Å². The predicted octanol–water partition coefficient (Wildman–Crippen LogP) is 3.52. The molecular weight excluding hydrogens is 184 g/mol. The molecule has 0 aliphatic heterocycles. The smallest absolute Gasteiger partial charge is 0.0989 e. The Labute approximate surface area is 94.6 Å². The number of hydrogen-bond acceptors (Lipinski definition) is 1. The summed E-state index contributed by atoms with van der Waals surface area (Å²) in [6.07, 6.45) is 6.46. The van der Waals surface area contributed by atoms with Gasteiger partial charge in [0.15, 0.2) is 0 Å². The van der Waals surface area contributed by atoms with E-state index >= 15 is 0 Å². The quantitative estimate of drug-likeness (QED) is 0.560. The Morgan fingerprint density at radius 3 is 2.13 bits per heavy atom. The van der Waals surface area contributed by atoms with Crippen molar-refractivity contribution in [3.8, 4) is 0 Å². The second kappa shape index (κ2) is 5.53. The van der Waals surface area contributed by atoms with Crippen LogP contribution in [0.25, 0.3) is 0 Å². The molecule has 1 aliphatic rings. The van der Waals surface area contributed by atoms with Crippen molar-refractivity contribution in [1.29, 1.82) is 5.41 Å². The third-order valence-electron chi connectivity index (χ3n) is 3.95. The maximum Gasteiger partial charge on any atom is 0.0989 e. The molecule has 0 bridgehead atoms. The van der Waals surface area contributed by atoms with E-state index in [0.717, 1.165) is 5.84 Å². The molecule has 2 heteroatoms. The minimum Gasteiger partial charge on any atom is -0.360 e. The lowest BCUT2D eigenvalue weighted by Gasteiger charge is -2.35. The van der Waals surface area contributed by atoms with E-state index in [2.05, 4.69) is 32.7 Å². The van der Waals surface area contributed by atoms with Crippen LogP contribution >= 0.6 is 0 Å². The maximum absolute atomic E-state index is 8.24. The summed E-state index contributed by atoms with van der Waals surface area (Å²) in [6.45, 7) is 6.69. The van der Waals surface area contributed by atoms with E-state index in [1.165, 1.54) is 32.1 Å². The Balaban J connectivity index is 2.50. The fourth-order valence-electron chi connectivity index (χ4n) is 2.33. The third kappa shape index (κ3) is 3.22. The zero-order chi connectivity index (χ0) is 11.4. The van der Waals surface area contributed by atoms with Gasteiger partial charge in [0.2, 0.25) is 0 Å². The summed E-state index contributed by atoms with van der Waals surface area (Å²) >= 11 is 0. The summed E-state index contributed by atoms with van der Waals surface area (Å²) < 4.78 is 0. The predicted molar refractivity (Wildman–Crippen MR) is 66.4 cm³/mol. The van der Waals surface area contributed by atoms with Crippen molar-refractivity contribution >= 4 is 5.84 Å². The van der Waals surface area contributed by atoms with Crippen LogP contribution in [0.3, 0.4) is 0 Å². The van der Waals surface area contributed by atoms with Crippen LogP contribution < -0.4 is 0 Å². The van der Waals surface area contributed by atoms with Crippen molar-refractivity contribution in [3.63, 3.8) is 0 Å². The van der Waals surface area contributed by atoms with E-state index in [1.54, 1.807) is 0 Å². The van der Waals surface area contributed by atoms with Crippen LogP contribution in [-0.2, 0) is 0 Å². The molecule has 0 aromatic heterocycles. The summed E-state index contributed by atoms with van der Waals surface area (Å²) in [5, 5.41) is 8.24. The summed E-state index contributed by atoms with van der Waals surface area (Å²) in [6, 6.07) is 0.486. The van der Waals surface area contributed by atoms with E-state index in [-0.39, 0.29) is 0 Å². The average Bonchev–Trinajstić information content (AvgIpc) is 2.27. The number of nitrogens with zero attached hydrogens (tertiary/aromatic N) is 1. The molecule has 1 N–H and O–H groups in total. The molecule has 0 aromatic rings. The van der Waals surface area contributed by atoms with Crippen molar-refractivity contribution in [2.24, 2.45) is 11.8 Å². The molecule has 0 amide bonds. The first-order chi connectivity index (χ1) is 7.04. The van der Waals surface area contributed by atoms with Crippen LogP contribution in [0, 0.1) is 17.2 Å². The van der Waals surface area contributed by atoms with Crippen LogP contribution in [0.5, 0.6) is 0 Å². The molecule has 1 atom stereocenters. The fourth-order valence-corrected chi connectivity index (χ4v) is 2.33. The van der Waals surface area contributed by atoms with Gasteiger partial charge in [-0.05, 0) is 25.7 Å². The van der Waals surface area contributed by atoms with Crippen LogP contribution in [0.2, 0.25) is 0 Å². The molecule has 2 nitrogen and oxygen atoms in total. The molecule has 1 fully saturated rings. The molecule has 0 saturated heterocycles. The Morgan fingerprint density at radius 2 is 1.67 bits per heavy atom. The van der Waals surface area contributed by atoms with Crippen LogP contribution in [-0.4, -0.2) is 23.8 Å². The van der Waals surface area contributed by atoms with Gasteiger partial charge in [-0.3, -0.25) is 5.41 Å². The highest BCUT2D eigenvalue weighted by Gasteiger charge is 2.24. The highest BCUT2D eigenvalue weighted by molar-refractivity contribution is 5.81. The third-order valence-corrected chi connectivity index (χ3v) is 3.95. The van der Waals surface area contributed by atoms with Crippen molar-refractivity contribution in [1.82, 2.24) is 4.90 Å². The molecular formula is C13H26N2. The molecule has 1 saturated carbocycles. The molecule has 15 heavy (non-hydrogen) atoms. The minimum atomic E-state index is 0.486. The zero-order valence-corrected chi connectivity index (χ0v) is 10.7. The first kappa shape index (κ1) is 12.5. The van der Waals surface area contributed by atoms with E-state index in [0.29, 0.717) is 17.9 Å². The fraction of sp³-hybridized carbons (Fsp3) is 0.923. The first-order valence-electron chi connectivity index (χ1n) is 6.35. The highest BCUT2D eigenvalue weighted by atomic mass is 15.2. The lowest BCUT2D eigenvalue weighted by molar-refractivity contribution is 0.282. The Bertz CT molecular complexity index is 205. The number of hydrogen-bond donors (Lipinski definition) is 1. The van der Waals surface area contributed by atoms with Gasteiger partial charge < -0.3 is 4.90 Å². The number of nitrogens with one attached hydrogen (secondary N) is 1. The Kier molecular flexibility index (Phi) is 4.62. The highest BCUT2D eigenvalue weighted by Crippen LogP contribution is 2.26. The van der Waals surface area contributed by atoms with Gasteiger partial charge in [-0.2, -0.15) is 0 Å². The van der Waals surface area contributed by atoms with Gasteiger partial charge >= 0.3 is 0 Å². The van der Waals surface area contributed by atoms with E-state index < -0.39 is 0 Å². The monoisotopic (exact) mass is 210 g/mol. The maximum atomic E-state index is 8.24. The minimum absolute atomic E-state index is 0.486. The molecule has 0 aromatic carbocycles. The van der Waals surface area contributed by atoms with Crippen LogP contribution in [0.15, 0.2) is 0 Å². The van der Waals surface area contributed by atoms with Gasteiger partial charge in [-0.1, -0.05) is 33.1 Å². The summed E-state index contributed by atoms with van der Waals surface area (Å²) in [5.74, 6) is 2.03. The lowest BCUT2D eigenvalue weighted by atomic mass is 9.87. The van der Waals surface area contributed by atoms with Crippen molar-refractivity contribution in [3.05, 3.63) is 0 Å². The normalized spacial score (nSPS) is 20.3. The average molecular weight is 210 g/mol. The van der Waals surface area contributed by atoms with Gasteiger partial charge in [-0.15, -0.1) is 0 Å². The van der Waals surface area contributed by atoms with E-state index in [9.17, 15) is 0 Å². The summed E-state index contributed by atoms with van der Waals surface area (Å²) in [7, 11) is 2.08. The van der Waals surface area contributed by atoms with Gasteiger partial charge in [0.25, 0.3) is 0 Å². The van der Waals surface area contributed by atoms with Crippen molar-refractivity contribution in [2.45, 2.75) is 58.9 Å². The molecule has 0 heterocycles. The summed E-state index contributed by atoms with van der Waals surface area (Å²) in [5.41, 5.74) is 0. The molecule has 88 valence electrons. The Hall–Kier alpha value is -0.530. The molecule has 0 spiro atoms. The molecule has 1 aliphatic carbocycles. The molecule has 1 rings (SSSR count). The topological polar surface area (TPSA) is 27.1 Å². The van der Waals surface area contributed by atoms with Crippen molar-refractivity contribution < 1.29 is 0 Å². The second-order valence-corrected chi connectivity index (χ2v) is 5.32. The van der Waals surface area contributed by atoms with Crippen LogP contribution in [0.1, 0.15) is 52.9 Å². The SMILES string of the molecule is CC(C)C(C)N(C)C(=N)C1CCCCC1.